The van der Waals surface area contributed by atoms with Gasteiger partial charge in [-0.2, -0.15) is 5.26 Å². The summed E-state index contributed by atoms with van der Waals surface area (Å²) in [6, 6.07) is 13.3. The number of hydrogen-bond donors (Lipinski definition) is 0. The molecule has 0 N–H and O–H groups in total. The van der Waals surface area contributed by atoms with Crippen molar-refractivity contribution >= 4 is 5.91 Å². The van der Waals surface area contributed by atoms with Crippen molar-refractivity contribution in [3.63, 3.8) is 0 Å². The molecule has 2 aromatic rings. The largest absolute Gasteiger partial charge is 0.487 e. The van der Waals surface area contributed by atoms with Gasteiger partial charge in [-0.05, 0) is 50.6 Å². The minimum absolute atomic E-state index is 0.0662. The lowest BCUT2D eigenvalue weighted by molar-refractivity contribution is 0.0752. The number of nitriles is 1. The van der Waals surface area contributed by atoms with Crippen LogP contribution in [0.15, 0.2) is 42.6 Å². The first kappa shape index (κ1) is 18.5. The Morgan fingerprint density at radius 1 is 1.36 bits per heavy atom. The molecule has 0 aliphatic rings. The summed E-state index contributed by atoms with van der Waals surface area (Å²) in [6.45, 7) is 7.02. The molecule has 130 valence electrons. The van der Waals surface area contributed by atoms with Crippen LogP contribution < -0.4 is 4.74 Å². The van der Waals surface area contributed by atoms with Crippen molar-refractivity contribution < 1.29 is 9.53 Å². The summed E-state index contributed by atoms with van der Waals surface area (Å²) in [5, 5.41) is 8.96. The zero-order valence-corrected chi connectivity index (χ0v) is 14.9. The normalized spacial score (nSPS) is 11.4. The molecule has 0 aliphatic heterocycles. The topological polar surface area (TPSA) is 66.2 Å². The average molecular weight is 337 g/mol. The number of carbonyl (C=O) groups excluding carboxylic acids is 1. The lowest BCUT2D eigenvalue weighted by Gasteiger charge is -2.22. The first-order chi connectivity index (χ1) is 12.0. The van der Waals surface area contributed by atoms with Crippen LogP contribution in [-0.4, -0.2) is 28.9 Å². The van der Waals surface area contributed by atoms with Crippen molar-refractivity contribution in [1.82, 2.24) is 9.88 Å². The molecule has 25 heavy (non-hydrogen) atoms. The van der Waals surface area contributed by atoms with Crippen LogP contribution in [0, 0.1) is 24.2 Å². The molecule has 5 nitrogen and oxygen atoms in total. The number of amides is 1. The average Bonchev–Trinajstić information content (AvgIpc) is 2.65. The Morgan fingerprint density at radius 3 is 2.80 bits per heavy atom. The third kappa shape index (κ3) is 5.32. The summed E-state index contributed by atoms with van der Waals surface area (Å²) >= 11 is 0. The SMILES string of the molecule is CCN(C[C@H](C)C#N)C(=O)c1cccc(COc2ccc(C)nc2)c1. The molecule has 0 saturated carbocycles. The third-order valence-corrected chi connectivity index (χ3v) is 3.85. The Morgan fingerprint density at radius 2 is 2.16 bits per heavy atom. The van der Waals surface area contributed by atoms with E-state index < -0.39 is 0 Å². The molecule has 1 amide bonds. The fourth-order valence-corrected chi connectivity index (χ4v) is 2.41. The second-order valence-electron chi connectivity index (χ2n) is 6.00. The summed E-state index contributed by atoms with van der Waals surface area (Å²) in [4.78, 5) is 18.5. The molecule has 1 heterocycles. The predicted octanol–water partition coefficient (Wildman–Crippen LogP) is 3.59. The van der Waals surface area contributed by atoms with Gasteiger partial charge >= 0.3 is 0 Å². The van der Waals surface area contributed by atoms with Crippen molar-refractivity contribution in [1.29, 1.82) is 5.26 Å². The number of hydrogen-bond acceptors (Lipinski definition) is 4. The number of pyridine rings is 1. The maximum absolute atomic E-state index is 12.7. The van der Waals surface area contributed by atoms with Crippen LogP contribution in [0.4, 0.5) is 0 Å². The van der Waals surface area contributed by atoms with Crippen LogP contribution in [0.2, 0.25) is 0 Å². The first-order valence-corrected chi connectivity index (χ1v) is 8.36. The highest BCUT2D eigenvalue weighted by molar-refractivity contribution is 5.94. The highest BCUT2D eigenvalue weighted by Crippen LogP contribution is 2.14. The summed E-state index contributed by atoms with van der Waals surface area (Å²) in [5.74, 6) is 0.438. The molecule has 1 aromatic carbocycles. The minimum atomic E-state index is -0.190. The van der Waals surface area contributed by atoms with E-state index in [1.54, 1.807) is 17.2 Å². The lowest BCUT2D eigenvalue weighted by Crippen LogP contribution is -2.34. The molecule has 0 spiro atoms. The number of aryl methyl sites for hydroxylation is 1. The predicted molar refractivity (Wildman–Crippen MR) is 96.1 cm³/mol. The molecule has 2 rings (SSSR count). The van der Waals surface area contributed by atoms with Gasteiger partial charge in [0.2, 0.25) is 0 Å². The molecule has 0 unspecified atom stereocenters. The Balaban J connectivity index is 2.05. The second-order valence-corrected chi connectivity index (χ2v) is 6.00. The van der Waals surface area contributed by atoms with Crippen LogP contribution in [-0.2, 0) is 6.61 Å². The van der Waals surface area contributed by atoms with E-state index >= 15 is 0 Å². The third-order valence-electron chi connectivity index (χ3n) is 3.85. The molecule has 0 aliphatic carbocycles. The lowest BCUT2D eigenvalue weighted by atomic mass is 10.1. The van der Waals surface area contributed by atoms with E-state index in [9.17, 15) is 4.79 Å². The Labute approximate surface area is 148 Å². The Bertz CT molecular complexity index is 750. The maximum atomic E-state index is 12.7. The quantitative estimate of drug-likeness (QED) is 0.774. The number of carbonyl (C=O) groups is 1. The van der Waals surface area contributed by atoms with E-state index in [1.807, 2.05) is 51.1 Å². The van der Waals surface area contributed by atoms with Gasteiger partial charge in [0.15, 0.2) is 0 Å². The van der Waals surface area contributed by atoms with Gasteiger partial charge in [-0.15, -0.1) is 0 Å². The molecule has 1 aromatic heterocycles. The summed E-state index contributed by atoms with van der Waals surface area (Å²) < 4.78 is 5.72. The Kier molecular flexibility index (Phi) is 6.53. The fourth-order valence-electron chi connectivity index (χ4n) is 2.41. The van der Waals surface area contributed by atoms with Crippen molar-refractivity contribution in [2.75, 3.05) is 13.1 Å². The van der Waals surface area contributed by atoms with Gasteiger partial charge in [0, 0.05) is 24.3 Å². The minimum Gasteiger partial charge on any atom is -0.487 e. The van der Waals surface area contributed by atoms with Crippen molar-refractivity contribution in [3.8, 4) is 11.8 Å². The first-order valence-electron chi connectivity index (χ1n) is 8.36. The zero-order chi connectivity index (χ0) is 18.2. The van der Waals surface area contributed by atoms with Gasteiger partial charge in [-0.3, -0.25) is 9.78 Å². The van der Waals surface area contributed by atoms with E-state index in [0.717, 1.165) is 11.3 Å². The van der Waals surface area contributed by atoms with Gasteiger partial charge < -0.3 is 9.64 Å². The molecule has 1 atom stereocenters. The number of ether oxygens (including phenoxy) is 1. The van der Waals surface area contributed by atoms with Crippen LogP contribution >= 0.6 is 0 Å². The second kappa shape index (κ2) is 8.84. The highest BCUT2D eigenvalue weighted by atomic mass is 16.5. The highest BCUT2D eigenvalue weighted by Gasteiger charge is 2.17. The number of aromatic nitrogens is 1. The molecule has 0 bridgehead atoms. The summed E-state index contributed by atoms with van der Waals surface area (Å²) in [5.41, 5.74) is 2.46. The van der Waals surface area contributed by atoms with E-state index in [4.69, 9.17) is 10.00 Å². The molecular formula is C20H23N3O2. The van der Waals surface area contributed by atoms with Crippen molar-refractivity contribution in [3.05, 3.63) is 59.4 Å². The number of rotatable bonds is 7. The molecular weight excluding hydrogens is 314 g/mol. The molecule has 0 fully saturated rings. The molecule has 0 radical (unpaired) electrons. The van der Waals surface area contributed by atoms with Crippen LogP contribution in [0.5, 0.6) is 5.75 Å². The Hall–Kier alpha value is -2.87. The van der Waals surface area contributed by atoms with Gasteiger partial charge in [0.25, 0.3) is 5.91 Å². The van der Waals surface area contributed by atoms with E-state index in [2.05, 4.69) is 11.1 Å². The molecule has 5 heteroatoms. The van der Waals surface area contributed by atoms with Gasteiger partial charge in [0.1, 0.15) is 12.4 Å². The van der Waals surface area contributed by atoms with Gasteiger partial charge in [-0.1, -0.05) is 12.1 Å². The van der Waals surface area contributed by atoms with E-state index in [-0.39, 0.29) is 11.8 Å². The van der Waals surface area contributed by atoms with Crippen molar-refractivity contribution in [2.24, 2.45) is 5.92 Å². The van der Waals surface area contributed by atoms with Gasteiger partial charge in [-0.25, -0.2) is 0 Å². The number of nitrogens with zero attached hydrogens (tertiary/aromatic N) is 3. The van der Waals surface area contributed by atoms with Crippen LogP contribution in [0.1, 0.15) is 35.5 Å². The number of benzene rings is 1. The smallest absolute Gasteiger partial charge is 0.253 e. The van der Waals surface area contributed by atoms with Crippen LogP contribution in [0.25, 0.3) is 0 Å². The molecule has 0 saturated heterocycles. The fraction of sp³-hybridized carbons (Fsp3) is 0.350. The van der Waals surface area contributed by atoms with Crippen molar-refractivity contribution in [2.45, 2.75) is 27.4 Å². The van der Waals surface area contributed by atoms with E-state index in [1.165, 1.54) is 0 Å². The summed E-state index contributed by atoms with van der Waals surface area (Å²) in [6.07, 6.45) is 1.69. The maximum Gasteiger partial charge on any atom is 0.253 e. The standard InChI is InChI=1S/C20H23N3O2/c1-4-23(13-15(2)11-21)20(24)18-7-5-6-17(10-18)14-25-19-9-8-16(3)22-12-19/h5-10,12,15H,4,13-14H2,1-3H3/t15-/m1/s1. The van der Waals surface area contributed by atoms with E-state index in [0.29, 0.717) is 31.0 Å². The monoisotopic (exact) mass is 337 g/mol. The zero-order valence-electron chi connectivity index (χ0n) is 14.9. The van der Waals surface area contributed by atoms with Crippen LogP contribution in [0.3, 0.4) is 0 Å². The van der Waals surface area contributed by atoms with Gasteiger partial charge in [0.05, 0.1) is 18.2 Å². The summed E-state index contributed by atoms with van der Waals surface area (Å²) in [7, 11) is 0.